The number of ether oxygens (including phenoxy) is 1. The average molecular weight is 478 g/mol. The van der Waals surface area contributed by atoms with Crippen LogP contribution in [0.2, 0.25) is 0 Å². The number of benzene rings is 1. The maximum Gasteiger partial charge on any atom is 0.408 e. The molecule has 0 saturated carbocycles. The summed E-state index contributed by atoms with van der Waals surface area (Å²) >= 11 is 0. The van der Waals surface area contributed by atoms with Crippen molar-refractivity contribution in [2.45, 2.75) is 105 Å². The first kappa shape index (κ1) is 29.3. The van der Waals surface area contributed by atoms with E-state index >= 15 is 0 Å². The highest BCUT2D eigenvalue weighted by atomic mass is 16.6. The van der Waals surface area contributed by atoms with E-state index in [4.69, 9.17) is 4.74 Å². The lowest BCUT2D eigenvalue weighted by Crippen LogP contribution is -2.58. The Hall–Kier alpha value is -2.77. The van der Waals surface area contributed by atoms with Crippen molar-refractivity contribution in [3.63, 3.8) is 0 Å². The van der Waals surface area contributed by atoms with E-state index in [9.17, 15) is 19.5 Å². The summed E-state index contributed by atoms with van der Waals surface area (Å²) in [6, 6.07) is 4.11. The van der Waals surface area contributed by atoms with Crippen molar-refractivity contribution < 1.29 is 24.2 Å². The molecule has 0 aliphatic rings. The fourth-order valence-electron chi connectivity index (χ4n) is 3.48. The van der Waals surface area contributed by atoms with Crippen molar-refractivity contribution in [3.05, 3.63) is 29.8 Å². The topological polar surface area (TPSA) is 108 Å². The second kappa shape index (κ2) is 11.6. The lowest BCUT2D eigenvalue weighted by Gasteiger charge is -2.40. The molecule has 0 aliphatic heterocycles. The summed E-state index contributed by atoms with van der Waals surface area (Å²) in [4.78, 5) is 41.6. The first-order chi connectivity index (χ1) is 15.5. The highest BCUT2D eigenvalue weighted by Gasteiger charge is 2.40. The summed E-state index contributed by atoms with van der Waals surface area (Å²) in [6.45, 7) is 18.3. The normalized spacial score (nSPS) is 14.7. The minimum atomic E-state index is -1.00. The molecule has 3 N–H and O–H groups in total. The van der Waals surface area contributed by atoms with Crippen molar-refractivity contribution in [1.82, 2.24) is 15.5 Å². The third-order valence-corrected chi connectivity index (χ3v) is 5.14. The Labute approximate surface area is 204 Å². The quantitative estimate of drug-likeness (QED) is 0.510. The van der Waals surface area contributed by atoms with Gasteiger partial charge in [-0.3, -0.25) is 9.59 Å². The number of carbonyl (C=O) groups excluding carboxylic acids is 3. The SMILES string of the molecule is CCC(C)N(C(=O)C(NC(=O)OC(C)(C)C)C(C)C)C(C(=O)NC(C)(C)C)c1cccc(O)c1. The molecule has 3 unspecified atom stereocenters. The van der Waals surface area contributed by atoms with Crippen LogP contribution in [0.1, 0.15) is 87.3 Å². The molecule has 1 aromatic rings. The summed E-state index contributed by atoms with van der Waals surface area (Å²) in [5, 5.41) is 15.8. The lowest BCUT2D eigenvalue weighted by molar-refractivity contribution is -0.146. The second-order valence-electron chi connectivity index (χ2n) is 11.1. The Morgan fingerprint density at radius 2 is 1.65 bits per heavy atom. The number of phenols is 1. The molecule has 0 radical (unpaired) electrons. The van der Waals surface area contributed by atoms with Crippen molar-refractivity contribution in [3.8, 4) is 5.75 Å². The van der Waals surface area contributed by atoms with E-state index in [1.165, 1.54) is 17.0 Å². The summed E-state index contributed by atoms with van der Waals surface area (Å²) < 4.78 is 5.38. The summed E-state index contributed by atoms with van der Waals surface area (Å²) in [5.41, 5.74) is -0.778. The Morgan fingerprint density at radius 1 is 1.06 bits per heavy atom. The molecule has 0 bridgehead atoms. The van der Waals surface area contributed by atoms with E-state index in [2.05, 4.69) is 10.6 Å². The Kier molecular flexibility index (Phi) is 9.97. The molecule has 0 fully saturated rings. The molecular weight excluding hydrogens is 434 g/mol. The van der Waals surface area contributed by atoms with Gasteiger partial charge < -0.3 is 25.4 Å². The Balaban J connectivity index is 3.54. The van der Waals surface area contributed by atoms with E-state index in [0.29, 0.717) is 12.0 Å². The molecule has 8 heteroatoms. The molecule has 0 aromatic heterocycles. The van der Waals surface area contributed by atoms with Gasteiger partial charge in [0.15, 0.2) is 0 Å². The maximum atomic E-state index is 14.0. The van der Waals surface area contributed by atoms with E-state index in [1.807, 2.05) is 48.5 Å². The highest BCUT2D eigenvalue weighted by molar-refractivity contribution is 5.92. The molecule has 0 saturated heterocycles. The van der Waals surface area contributed by atoms with Gasteiger partial charge in [-0.15, -0.1) is 0 Å². The summed E-state index contributed by atoms with van der Waals surface area (Å²) in [6.07, 6.45) is -0.113. The number of hydrogen-bond donors (Lipinski definition) is 3. The van der Waals surface area contributed by atoms with Crippen LogP contribution in [0, 0.1) is 5.92 Å². The van der Waals surface area contributed by atoms with E-state index < -0.39 is 35.2 Å². The fraction of sp³-hybridized carbons (Fsp3) is 0.654. The molecule has 0 heterocycles. The fourth-order valence-corrected chi connectivity index (χ4v) is 3.48. The van der Waals surface area contributed by atoms with E-state index in [1.54, 1.807) is 32.9 Å². The van der Waals surface area contributed by atoms with Gasteiger partial charge in [-0.05, 0) is 78.5 Å². The van der Waals surface area contributed by atoms with Gasteiger partial charge in [0.25, 0.3) is 0 Å². The minimum Gasteiger partial charge on any atom is -0.508 e. The van der Waals surface area contributed by atoms with Crippen LogP contribution < -0.4 is 10.6 Å². The first-order valence-electron chi connectivity index (χ1n) is 11.9. The Morgan fingerprint density at radius 3 is 2.09 bits per heavy atom. The molecule has 8 nitrogen and oxygen atoms in total. The van der Waals surface area contributed by atoms with Crippen LogP contribution in [0.25, 0.3) is 0 Å². The zero-order valence-corrected chi connectivity index (χ0v) is 22.4. The molecule has 34 heavy (non-hydrogen) atoms. The van der Waals surface area contributed by atoms with Crippen LogP contribution in [0.15, 0.2) is 24.3 Å². The predicted molar refractivity (Wildman–Crippen MR) is 133 cm³/mol. The van der Waals surface area contributed by atoms with Gasteiger partial charge in [-0.25, -0.2) is 4.79 Å². The van der Waals surface area contributed by atoms with E-state index in [-0.39, 0.29) is 23.6 Å². The van der Waals surface area contributed by atoms with Crippen molar-refractivity contribution in [2.24, 2.45) is 5.92 Å². The monoisotopic (exact) mass is 477 g/mol. The molecule has 1 rings (SSSR count). The van der Waals surface area contributed by atoms with Crippen LogP contribution in [-0.2, 0) is 14.3 Å². The molecular formula is C26H43N3O5. The van der Waals surface area contributed by atoms with Gasteiger partial charge in [0.2, 0.25) is 11.8 Å². The standard InChI is InChI=1S/C26H43N3O5/c1-11-17(4)29(23(32)20(16(2)3)27-24(33)34-26(8,9)10)21(22(31)28-25(5,6)7)18-13-12-14-19(30)15-18/h12-17,20-21,30H,11H2,1-10H3,(H,27,33)(H,28,31). The van der Waals surface area contributed by atoms with Gasteiger partial charge in [0.05, 0.1) is 0 Å². The molecule has 1 aromatic carbocycles. The van der Waals surface area contributed by atoms with Crippen LogP contribution in [-0.4, -0.2) is 51.1 Å². The number of carbonyl (C=O) groups is 3. The van der Waals surface area contributed by atoms with Crippen molar-refractivity contribution in [1.29, 1.82) is 0 Å². The summed E-state index contributed by atoms with van der Waals surface area (Å²) in [7, 11) is 0. The number of phenolic OH excluding ortho intramolecular Hbond substituents is 1. The largest absolute Gasteiger partial charge is 0.508 e. The second-order valence-corrected chi connectivity index (χ2v) is 11.1. The number of rotatable bonds is 8. The molecule has 0 aliphatic carbocycles. The van der Waals surface area contributed by atoms with Crippen LogP contribution in [0.5, 0.6) is 5.75 Å². The van der Waals surface area contributed by atoms with Gasteiger partial charge in [-0.1, -0.05) is 32.9 Å². The lowest BCUT2D eigenvalue weighted by atomic mass is 9.96. The number of hydrogen-bond acceptors (Lipinski definition) is 5. The molecule has 192 valence electrons. The number of amides is 3. The third-order valence-electron chi connectivity index (χ3n) is 5.14. The van der Waals surface area contributed by atoms with Gasteiger partial charge in [0.1, 0.15) is 23.4 Å². The smallest absolute Gasteiger partial charge is 0.408 e. The summed E-state index contributed by atoms with van der Waals surface area (Å²) in [5.74, 6) is -1.03. The highest BCUT2D eigenvalue weighted by Crippen LogP contribution is 2.29. The molecule has 3 atom stereocenters. The van der Waals surface area contributed by atoms with Crippen LogP contribution in [0.4, 0.5) is 4.79 Å². The van der Waals surface area contributed by atoms with Gasteiger partial charge >= 0.3 is 6.09 Å². The number of nitrogens with zero attached hydrogens (tertiary/aromatic N) is 1. The van der Waals surface area contributed by atoms with Gasteiger partial charge in [-0.2, -0.15) is 0 Å². The number of aromatic hydroxyl groups is 1. The predicted octanol–water partition coefficient (Wildman–Crippen LogP) is 4.52. The average Bonchev–Trinajstić information content (AvgIpc) is 2.66. The van der Waals surface area contributed by atoms with E-state index in [0.717, 1.165) is 0 Å². The minimum absolute atomic E-state index is 0.00472. The third kappa shape index (κ3) is 8.88. The maximum absolute atomic E-state index is 14.0. The molecule has 0 spiro atoms. The van der Waals surface area contributed by atoms with Crippen molar-refractivity contribution in [2.75, 3.05) is 0 Å². The van der Waals surface area contributed by atoms with Crippen molar-refractivity contribution >= 4 is 17.9 Å². The Bertz CT molecular complexity index is 855. The van der Waals surface area contributed by atoms with Crippen LogP contribution >= 0.6 is 0 Å². The molecule has 3 amide bonds. The zero-order chi connectivity index (χ0) is 26.4. The van der Waals surface area contributed by atoms with Crippen LogP contribution in [0.3, 0.4) is 0 Å². The number of alkyl carbamates (subject to hydrolysis) is 1. The van der Waals surface area contributed by atoms with Gasteiger partial charge in [0, 0.05) is 11.6 Å². The zero-order valence-electron chi connectivity index (χ0n) is 22.4. The number of nitrogens with one attached hydrogen (secondary N) is 2. The first-order valence-corrected chi connectivity index (χ1v) is 11.9.